The van der Waals surface area contributed by atoms with E-state index in [2.05, 4.69) is 101 Å². The second-order valence-corrected chi connectivity index (χ2v) is 23.1. The number of methoxy groups -OCH3 is 4. The smallest absolute Gasteiger partial charge is 0.497 e. The van der Waals surface area contributed by atoms with E-state index in [1.165, 1.54) is 74.6 Å². The minimum Gasteiger partial charge on any atom is -0.497 e. The van der Waals surface area contributed by atoms with Gasteiger partial charge in [0.2, 0.25) is 20.5 Å². The van der Waals surface area contributed by atoms with Gasteiger partial charge in [-0.25, -0.2) is 0 Å². The van der Waals surface area contributed by atoms with Crippen LogP contribution in [0.25, 0.3) is 0 Å². The summed E-state index contributed by atoms with van der Waals surface area (Å²) < 4.78 is 105. The Morgan fingerprint density at radius 2 is 0.878 bits per heavy atom. The topological polar surface area (TPSA) is 316 Å². The lowest BCUT2D eigenvalue weighted by atomic mass is 10.0. The van der Waals surface area contributed by atoms with Crippen LogP contribution < -0.4 is 55.3 Å². The Morgan fingerprint density at radius 3 is 1.19 bits per heavy atom. The number of nitrogens with zero attached hydrogens (tertiary/aromatic N) is 15. The Morgan fingerprint density at radius 1 is 0.522 bits per heavy atom. The van der Waals surface area contributed by atoms with Crippen LogP contribution in [-0.4, -0.2) is 171 Å². The molecule has 11 rings (SSSR count). The molecule has 3 saturated heterocycles. The van der Waals surface area contributed by atoms with Crippen molar-refractivity contribution in [3.63, 3.8) is 0 Å². The van der Waals surface area contributed by atoms with E-state index < -0.39 is 48.0 Å². The predicted octanol–water partition coefficient (Wildman–Crippen LogP) is 7.45. The van der Waals surface area contributed by atoms with Crippen molar-refractivity contribution in [2.45, 2.75) is 75.2 Å². The second kappa shape index (κ2) is 30.5. The van der Waals surface area contributed by atoms with Gasteiger partial charge in [-0.15, -0.1) is 72.2 Å². The molecule has 0 aliphatic carbocycles. The summed E-state index contributed by atoms with van der Waals surface area (Å²) in [7, 11) is 5.18. The van der Waals surface area contributed by atoms with Crippen LogP contribution in [0.15, 0.2) is 91.4 Å². The Bertz CT molecular complexity index is 3400. The number of Topliss-reactive ketones (excluding diaryl/α,β-unsaturated/α-hetero) is 2. The largest absolute Gasteiger partial charge is 0.573 e. The number of nitrogens with one attached hydrogen (secondary N) is 3. The highest BCUT2D eigenvalue weighted by molar-refractivity contribution is 7.18. The fraction of sp³-hybridized carbons (Fsp3) is 0.407. The predicted molar refractivity (Wildman–Crippen MR) is 319 cm³/mol. The van der Waals surface area contributed by atoms with Crippen LogP contribution in [0.4, 0.5) is 64.3 Å². The molecule has 0 amide bonds. The monoisotopic (exact) mass is 1310 g/mol. The van der Waals surface area contributed by atoms with Gasteiger partial charge >= 0.3 is 12.7 Å². The van der Waals surface area contributed by atoms with Crippen molar-refractivity contribution in [2.24, 2.45) is 0 Å². The average Bonchev–Trinajstić information content (AvgIpc) is 4.38. The molecule has 0 spiro atoms. The Kier molecular flexibility index (Phi) is 22.2. The molecule has 0 unspecified atom stereocenters. The normalized spacial score (nSPS) is 17.1. The number of nitrogen functional groups attached to an aromatic ring is 1. The molecule has 8 aromatic rings. The van der Waals surface area contributed by atoms with Gasteiger partial charge < -0.3 is 64.8 Å². The fourth-order valence-electron chi connectivity index (χ4n) is 9.73. The van der Waals surface area contributed by atoms with Crippen molar-refractivity contribution in [1.29, 1.82) is 0 Å². The minimum atomic E-state index is -4.89. The first kappa shape index (κ1) is 65.4. The SMILES string of the molecule is COc1cc(OC(F)(F)F)cc([C@@H](OC)C(=O)Cc2nnc(N[C@@H]3CCN(c4cccnn4)C3)s2)c1.COc1cc(OC(F)(F)F)cc([C@H](OC)C(=O)Cc2nnc(N[C@@H]3CCN(c4cccnn4)C3)s2)c1.Nc1nnc(N[C@@H]2CCN(c3cccnn3)C2)s1. The first-order valence-corrected chi connectivity index (χ1v) is 29.9. The van der Waals surface area contributed by atoms with Crippen molar-refractivity contribution in [3.8, 4) is 23.0 Å². The summed E-state index contributed by atoms with van der Waals surface area (Å²) >= 11 is 3.83. The number of carbonyl (C=O) groups excluding carboxylic acids is 2. The van der Waals surface area contributed by atoms with Crippen LogP contribution in [-0.2, 0) is 31.9 Å². The molecule has 9 heterocycles. The third kappa shape index (κ3) is 19.0. The fourth-order valence-corrected chi connectivity index (χ4v) is 12.0. The maximum absolute atomic E-state index is 13.0. The van der Waals surface area contributed by atoms with E-state index in [0.717, 1.165) is 105 Å². The van der Waals surface area contributed by atoms with Crippen LogP contribution in [0.1, 0.15) is 52.6 Å². The van der Waals surface area contributed by atoms with E-state index in [9.17, 15) is 35.9 Å². The second-order valence-electron chi connectivity index (χ2n) is 19.9. The van der Waals surface area contributed by atoms with Crippen LogP contribution in [0, 0.1) is 0 Å². The van der Waals surface area contributed by atoms with Gasteiger partial charge in [0.25, 0.3) is 0 Å². The van der Waals surface area contributed by atoms with Crippen LogP contribution >= 0.6 is 34.0 Å². The number of halogens is 6. The number of ether oxygens (including phenoxy) is 6. The maximum atomic E-state index is 13.0. The van der Waals surface area contributed by atoms with Gasteiger partial charge in [0, 0.05) is 102 Å². The molecule has 478 valence electrons. The van der Waals surface area contributed by atoms with Gasteiger partial charge in [-0.05, 0) is 91.1 Å². The quantitative estimate of drug-likeness (QED) is 0.0452. The molecule has 5 atom stereocenters. The van der Waals surface area contributed by atoms with Gasteiger partial charge in [0.1, 0.15) is 45.2 Å². The molecule has 6 aromatic heterocycles. The standard InChI is InChI=1S/2C22H23F3N6O4S.C10H13N7S/c2*1-33-15-8-13(9-16(10-15)35-22(23,24)25)20(34-2)17(32)11-19-29-30-21(36-19)27-14-5-7-31(12-14)18-4-3-6-26-28-18;11-9-15-16-10(18-9)13-7-3-5-17(6-7)8-2-1-4-12-14-8/h2*3-4,6,8-10,14,20H,5,7,11-12H2,1-2H3,(H,27,30);1-2,4,7H,3,5-6H2,(H2,11,15)(H,13,16)/t14-,20+;14-,20-;7-/m111/s1. The third-order valence-corrected chi connectivity index (χ3v) is 16.0. The van der Waals surface area contributed by atoms with Crippen molar-refractivity contribution in [1.82, 2.24) is 61.2 Å². The number of alkyl halides is 6. The van der Waals surface area contributed by atoms with Crippen molar-refractivity contribution < 1.29 is 64.4 Å². The maximum Gasteiger partial charge on any atom is 0.573 e. The Balaban J connectivity index is 0.000000169. The lowest BCUT2D eigenvalue weighted by Gasteiger charge is -2.17. The van der Waals surface area contributed by atoms with Crippen molar-refractivity contribution in [3.05, 3.63) is 113 Å². The van der Waals surface area contributed by atoms with Crippen molar-refractivity contribution in [2.75, 3.05) is 104 Å². The molecular weight excluding hydrogens is 1250 g/mol. The van der Waals surface area contributed by atoms with E-state index >= 15 is 0 Å². The summed E-state index contributed by atoms with van der Waals surface area (Å²) in [5.74, 6) is 0.880. The Labute approximate surface area is 521 Å². The van der Waals surface area contributed by atoms with Gasteiger partial charge in [-0.2, -0.15) is 15.3 Å². The summed E-state index contributed by atoms with van der Waals surface area (Å²) in [4.78, 5) is 32.4. The van der Waals surface area contributed by atoms with Gasteiger partial charge in [-0.1, -0.05) is 34.0 Å². The molecule has 3 aliphatic heterocycles. The number of ketones is 2. The molecule has 5 N–H and O–H groups in total. The van der Waals surface area contributed by atoms with E-state index in [1.54, 1.807) is 18.6 Å². The number of aromatic nitrogens is 12. The van der Waals surface area contributed by atoms with Crippen LogP contribution in [0.2, 0.25) is 0 Å². The van der Waals surface area contributed by atoms with E-state index in [1.807, 2.05) is 36.4 Å². The van der Waals surface area contributed by atoms with E-state index in [-0.39, 0.29) is 47.6 Å². The number of hydrogen-bond acceptors (Lipinski definition) is 30. The summed E-state index contributed by atoms with van der Waals surface area (Å²) in [5.41, 5.74) is 5.88. The molecule has 27 nitrogen and oxygen atoms in total. The molecular formula is C54H59F6N19O8S3. The zero-order valence-corrected chi connectivity index (χ0v) is 50.8. The average molecular weight is 1310 g/mol. The van der Waals surface area contributed by atoms with Crippen LogP contribution in [0.3, 0.4) is 0 Å². The minimum absolute atomic E-state index is 0.0936. The zero-order chi connectivity index (χ0) is 63.8. The summed E-state index contributed by atoms with van der Waals surface area (Å²) in [6, 6.07) is 19.1. The number of anilines is 7. The number of nitrogens with two attached hydrogens (primary N) is 1. The third-order valence-electron chi connectivity index (χ3n) is 13.6. The first-order valence-electron chi connectivity index (χ1n) is 27.4. The number of benzene rings is 2. The summed E-state index contributed by atoms with van der Waals surface area (Å²) in [6.07, 6.45) is -4.60. The first-order chi connectivity index (χ1) is 43.3. The molecule has 2 aromatic carbocycles. The number of hydrogen-bond donors (Lipinski definition) is 4. The van der Waals surface area contributed by atoms with Gasteiger partial charge in [0.05, 0.1) is 27.1 Å². The Hall–Kier alpha value is -9.00. The number of rotatable bonds is 23. The van der Waals surface area contributed by atoms with Gasteiger partial charge in [0.15, 0.2) is 29.0 Å². The van der Waals surface area contributed by atoms with Gasteiger partial charge in [-0.3, -0.25) is 9.59 Å². The molecule has 3 aliphatic rings. The highest BCUT2D eigenvalue weighted by Gasteiger charge is 2.35. The molecule has 0 bridgehead atoms. The van der Waals surface area contributed by atoms with E-state index in [0.29, 0.717) is 31.5 Å². The summed E-state index contributed by atoms with van der Waals surface area (Å²) in [6.45, 7) is 4.92. The molecule has 36 heteroatoms. The van der Waals surface area contributed by atoms with E-state index in [4.69, 9.17) is 24.7 Å². The summed E-state index contributed by atoms with van der Waals surface area (Å²) in [5, 5.41) is 61.5. The van der Waals surface area contributed by atoms with Crippen LogP contribution in [0.5, 0.6) is 23.0 Å². The highest BCUT2D eigenvalue weighted by atomic mass is 32.1. The lowest BCUT2D eigenvalue weighted by Crippen LogP contribution is -2.26. The number of carbonyl (C=O) groups is 2. The van der Waals surface area contributed by atoms with Crippen molar-refractivity contribution >= 4 is 83.6 Å². The zero-order valence-electron chi connectivity index (χ0n) is 48.4. The highest BCUT2D eigenvalue weighted by Crippen LogP contribution is 2.35. The molecule has 0 saturated carbocycles. The molecule has 3 fully saturated rings. The lowest BCUT2D eigenvalue weighted by molar-refractivity contribution is -0.275. The molecule has 90 heavy (non-hydrogen) atoms. The molecule has 0 radical (unpaired) electrons.